The van der Waals surface area contributed by atoms with E-state index in [0.717, 1.165) is 10.4 Å². The molecule has 2 amide bonds. The molecule has 0 fully saturated rings. The summed E-state index contributed by atoms with van der Waals surface area (Å²) in [6.07, 6.45) is 0. The smallest absolute Gasteiger partial charge is 0.259 e. The van der Waals surface area contributed by atoms with Crippen molar-refractivity contribution in [3.63, 3.8) is 0 Å². The van der Waals surface area contributed by atoms with Gasteiger partial charge in [-0.2, -0.15) is 0 Å². The van der Waals surface area contributed by atoms with Gasteiger partial charge in [-0.25, -0.2) is 0 Å². The summed E-state index contributed by atoms with van der Waals surface area (Å²) in [6.45, 7) is 0. The lowest BCUT2D eigenvalue weighted by molar-refractivity contribution is -0.121. The highest BCUT2D eigenvalue weighted by Crippen LogP contribution is 2.36. The maximum absolute atomic E-state index is 11.7. The van der Waals surface area contributed by atoms with E-state index in [4.69, 9.17) is 5.73 Å². The van der Waals surface area contributed by atoms with Crippen LogP contribution < -0.4 is 11.1 Å². The predicted molar refractivity (Wildman–Crippen MR) is 69.2 cm³/mol. The zero-order valence-corrected chi connectivity index (χ0v) is 10.2. The van der Waals surface area contributed by atoms with E-state index in [1.165, 1.54) is 11.3 Å². The van der Waals surface area contributed by atoms with Crippen LogP contribution in [0.3, 0.4) is 0 Å². The SMILES string of the molecule is NC1C(=O)NC(=O)c2cc(-c3ccccc3)sc21. The summed E-state index contributed by atoms with van der Waals surface area (Å²) in [7, 11) is 0. The van der Waals surface area contributed by atoms with Crippen molar-refractivity contribution < 1.29 is 9.59 Å². The van der Waals surface area contributed by atoms with Crippen molar-refractivity contribution in [3.8, 4) is 10.4 Å². The topological polar surface area (TPSA) is 72.2 Å². The maximum Gasteiger partial charge on any atom is 0.259 e. The van der Waals surface area contributed by atoms with Gasteiger partial charge < -0.3 is 5.73 Å². The average Bonchev–Trinajstić information content (AvgIpc) is 2.83. The van der Waals surface area contributed by atoms with Crippen LogP contribution >= 0.6 is 11.3 Å². The Morgan fingerprint density at radius 2 is 1.89 bits per heavy atom. The van der Waals surface area contributed by atoms with E-state index < -0.39 is 11.9 Å². The molecule has 2 aromatic rings. The molecule has 1 atom stereocenters. The first kappa shape index (κ1) is 11.1. The van der Waals surface area contributed by atoms with Crippen LogP contribution in [0.25, 0.3) is 10.4 Å². The Bertz CT molecular complexity index is 634. The Labute approximate surface area is 107 Å². The molecule has 0 bridgehead atoms. The van der Waals surface area contributed by atoms with Crippen LogP contribution in [0.5, 0.6) is 0 Å². The van der Waals surface area contributed by atoms with Crippen molar-refractivity contribution in [2.24, 2.45) is 5.73 Å². The molecule has 1 aliphatic heterocycles. The molecule has 2 heterocycles. The van der Waals surface area contributed by atoms with E-state index >= 15 is 0 Å². The third-order valence-corrected chi connectivity index (χ3v) is 4.13. The number of nitrogens with two attached hydrogens (primary N) is 1. The number of benzene rings is 1. The fourth-order valence-corrected chi connectivity index (χ4v) is 3.10. The van der Waals surface area contributed by atoms with Gasteiger partial charge >= 0.3 is 0 Å². The number of rotatable bonds is 1. The molecule has 1 aromatic carbocycles. The summed E-state index contributed by atoms with van der Waals surface area (Å²) in [6, 6.07) is 10.7. The summed E-state index contributed by atoms with van der Waals surface area (Å²) in [4.78, 5) is 24.8. The molecule has 18 heavy (non-hydrogen) atoms. The van der Waals surface area contributed by atoms with Crippen molar-refractivity contribution in [1.29, 1.82) is 0 Å². The summed E-state index contributed by atoms with van der Waals surface area (Å²) >= 11 is 1.40. The number of carbonyl (C=O) groups excluding carboxylic acids is 2. The first-order valence-electron chi connectivity index (χ1n) is 5.47. The van der Waals surface area contributed by atoms with Crippen LogP contribution in [-0.2, 0) is 4.79 Å². The number of carbonyl (C=O) groups is 2. The molecule has 90 valence electrons. The summed E-state index contributed by atoms with van der Waals surface area (Å²) < 4.78 is 0. The number of fused-ring (bicyclic) bond motifs is 1. The zero-order valence-electron chi connectivity index (χ0n) is 9.34. The molecular weight excluding hydrogens is 248 g/mol. The number of thiophene rings is 1. The third-order valence-electron chi connectivity index (χ3n) is 2.87. The van der Waals surface area contributed by atoms with Crippen molar-refractivity contribution in [1.82, 2.24) is 5.32 Å². The Kier molecular flexibility index (Phi) is 2.50. The van der Waals surface area contributed by atoms with Crippen LogP contribution in [0.4, 0.5) is 0 Å². The number of hydrogen-bond donors (Lipinski definition) is 2. The first-order chi connectivity index (χ1) is 8.66. The van der Waals surface area contributed by atoms with E-state index in [2.05, 4.69) is 5.32 Å². The van der Waals surface area contributed by atoms with E-state index in [1.54, 1.807) is 6.07 Å². The molecule has 0 saturated carbocycles. The van der Waals surface area contributed by atoms with Gasteiger partial charge in [0.05, 0.1) is 5.56 Å². The van der Waals surface area contributed by atoms with Gasteiger partial charge in [-0.3, -0.25) is 14.9 Å². The number of hydrogen-bond acceptors (Lipinski definition) is 4. The minimum atomic E-state index is -0.750. The fraction of sp³-hybridized carbons (Fsp3) is 0.0769. The number of imide groups is 1. The van der Waals surface area contributed by atoms with E-state index in [9.17, 15) is 9.59 Å². The summed E-state index contributed by atoms with van der Waals surface area (Å²) in [5, 5.41) is 2.25. The van der Waals surface area contributed by atoms with E-state index in [0.29, 0.717) is 10.4 Å². The molecule has 0 aliphatic carbocycles. The maximum atomic E-state index is 11.7. The standard InChI is InChI=1S/C13H10N2O2S/c14-10-11-8(12(16)15-13(10)17)6-9(18-11)7-4-2-1-3-5-7/h1-6,10H,14H2,(H,15,16,17). The second-order valence-electron chi connectivity index (χ2n) is 4.05. The molecular formula is C13H10N2O2S. The van der Waals surface area contributed by atoms with Gasteiger partial charge in [0.2, 0.25) is 5.91 Å². The molecule has 1 aliphatic rings. The zero-order chi connectivity index (χ0) is 12.7. The molecule has 0 spiro atoms. The highest BCUT2D eigenvalue weighted by molar-refractivity contribution is 7.16. The molecule has 4 nitrogen and oxygen atoms in total. The van der Waals surface area contributed by atoms with Crippen molar-refractivity contribution in [2.75, 3.05) is 0 Å². The van der Waals surface area contributed by atoms with Crippen LogP contribution in [0.15, 0.2) is 36.4 Å². The lowest BCUT2D eigenvalue weighted by Gasteiger charge is -2.16. The van der Waals surface area contributed by atoms with Gasteiger partial charge in [0.15, 0.2) is 0 Å². The van der Waals surface area contributed by atoms with Gasteiger partial charge in [-0.1, -0.05) is 30.3 Å². The van der Waals surface area contributed by atoms with Crippen LogP contribution in [0.2, 0.25) is 0 Å². The largest absolute Gasteiger partial charge is 0.315 e. The minimum absolute atomic E-state index is 0.366. The van der Waals surface area contributed by atoms with E-state index in [1.807, 2.05) is 30.3 Å². The quantitative estimate of drug-likeness (QED) is 0.764. The Balaban J connectivity index is 2.12. The molecule has 0 radical (unpaired) electrons. The monoisotopic (exact) mass is 258 g/mol. The van der Waals surface area contributed by atoms with Gasteiger partial charge in [0.1, 0.15) is 6.04 Å². The summed E-state index contributed by atoms with van der Waals surface area (Å²) in [5.74, 6) is -0.802. The molecule has 3 N–H and O–H groups in total. The van der Waals surface area contributed by atoms with Gasteiger partial charge in [-0.15, -0.1) is 11.3 Å². The highest BCUT2D eigenvalue weighted by atomic mass is 32.1. The Hall–Kier alpha value is -1.98. The normalized spacial score (nSPS) is 18.4. The molecule has 3 rings (SSSR count). The van der Waals surface area contributed by atoms with Gasteiger partial charge in [0.25, 0.3) is 5.91 Å². The van der Waals surface area contributed by atoms with Crippen molar-refractivity contribution >= 4 is 23.2 Å². The lowest BCUT2D eigenvalue weighted by Crippen LogP contribution is -2.42. The predicted octanol–water partition coefficient (Wildman–Crippen LogP) is 1.68. The highest BCUT2D eigenvalue weighted by Gasteiger charge is 2.32. The van der Waals surface area contributed by atoms with Gasteiger partial charge in [0, 0.05) is 9.75 Å². The molecule has 1 unspecified atom stereocenters. The van der Waals surface area contributed by atoms with E-state index in [-0.39, 0.29) is 5.91 Å². The summed E-state index contributed by atoms with van der Waals surface area (Å²) in [5.41, 5.74) is 7.31. The lowest BCUT2D eigenvalue weighted by atomic mass is 10.1. The Morgan fingerprint density at radius 3 is 2.61 bits per heavy atom. The number of nitrogens with one attached hydrogen (secondary N) is 1. The second-order valence-corrected chi connectivity index (χ2v) is 5.13. The molecule has 5 heteroatoms. The Morgan fingerprint density at radius 1 is 1.17 bits per heavy atom. The van der Waals surface area contributed by atoms with Crippen LogP contribution in [0.1, 0.15) is 21.3 Å². The number of amides is 2. The average molecular weight is 258 g/mol. The van der Waals surface area contributed by atoms with Crippen molar-refractivity contribution in [3.05, 3.63) is 46.8 Å². The van der Waals surface area contributed by atoms with Crippen LogP contribution in [0, 0.1) is 0 Å². The van der Waals surface area contributed by atoms with Gasteiger partial charge in [-0.05, 0) is 11.6 Å². The molecule has 0 saturated heterocycles. The van der Waals surface area contributed by atoms with Crippen LogP contribution in [-0.4, -0.2) is 11.8 Å². The first-order valence-corrected chi connectivity index (χ1v) is 6.28. The fourth-order valence-electron chi connectivity index (χ4n) is 1.93. The third kappa shape index (κ3) is 1.64. The van der Waals surface area contributed by atoms with Crippen molar-refractivity contribution in [2.45, 2.75) is 6.04 Å². The second kappa shape index (κ2) is 4.04. The minimum Gasteiger partial charge on any atom is -0.315 e. The molecule has 1 aromatic heterocycles.